The maximum atomic E-state index is 12.0. The summed E-state index contributed by atoms with van der Waals surface area (Å²) in [4.78, 5) is 13.7. The van der Waals surface area contributed by atoms with Crippen LogP contribution in [0.2, 0.25) is 0 Å². The fraction of sp³-hybridized carbons (Fsp3) is 0.417. The number of benzene rings is 1. The van der Waals surface area contributed by atoms with Crippen LogP contribution in [0.5, 0.6) is 0 Å². The predicted molar refractivity (Wildman–Crippen MR) is 59.6 cm³/mol. The van der Waals surface area contributed by atoms with Crippen LogP contribution in [-0.4, -0.2) is 30.7 Å². The van der Waals surface area contributed by atoms with Crippen molar-refractivity contribution < 1.29 is 9.53 Å². The molecule has 82 valence electrons. The summed E-state index contributed by atoms with van der Waals surface area (Å²) in [5, 5.41) is 0. The van der Waals surface area contributed by atoms with Gasteiger partial charge in [-0.05, 0) is 26.0 Å². The average Bonchev–Trinajstić information content (AvgIpc) is 2.30. The highest BCUT2D eigenvalue weighted by molar-refractivity contribution is 5.94. The molecule has 1 rings (SSSR count). The molecule has 0 aromatic heterocycles. The number of hydrogen-bond acceptors (Lipinski definition) is 2. The molecule has 1 amide bonds. The first kappa shape index (κ1) is 11.7. The van der Waals surface area contributed by atoms with Crippen LogP contribution in [0.15, 0.2) is 30.3 Å². The van der Waals surface area contributed by atoms with E-state index in [1.165, 1.54) is 0 Å². The Morgan fingerprint density at radius 1 is 1.40 bits per heavy atom. The van der Waals surface area contributed by atoms with E-state index in [4.69, 9.17) is 4.74 Å². The van der Waals surface area contributed by atoms with E-state index in [1.807, 2.05) is 44.2 Å². The minimum absolute atomic E-state index is 0.00690. The Balaban J connectivity index is 2.83. The van der Waals surface area contributed by atoms with Crippen molar-refractivity contribution in [2.75, 3.05) is 13.7 Å². The molecule has 3 nitrogen and oxygen atoms in total. The van der Waals surface area contributed by atoms with Gasteiger partial charge >= 0.3 is 0 Å². The summed E-state index contributed by atoms with van der Waals surface area (Å²) in [6.45, 7) is 4.45. The Bertz CT molecular complexity index is 311. The van der Waals surface area contributed by atoms with E-state index in [1.54, 1.807) is 12.0 Å². The highest BCUT2D eigenvalue weighted by atomic mass is 16.5. The third-order valence-electron chi connectivity index (χ3n) is 2.40. The van der Waals surface area contributed by atoms with Crippen LogP contribution in [0.1, 0.15) is 24.2 Å². The van der Waals surface area contributed by atoms with Gasteiger partial charge < -0.3 is 9.64 Å². The van der Waals surface area contributed by atoms with Gasteiger partial charge in [-0.2, -0.15) is 0 Å². The molecule has 0 aliphatic rings. The van der Waals surface area contributed by atoms with Gasteiger partial charge in [0.1, 0.15) is 6.23 Å². The van der Waals surface area contributed by atoms with Crippen molar-refractivity contribution in [3.05, 3.63) is 35.9 Å². The van der Waals surface area contributed by atoms with Gasteiger partial charge in [-0.1, -0.05) is 18.2 Å². The third kappa shape index (κ3) is 2.80. The second-order valence-electron chi connectivity index (χ2n) is 3.29. The van der Waals surface area contributed by atoms with Gasteiger partial charge in [0.2, 0.25) is 0 Å². The summed E-state index contributed by atoms with van der Waals surface area (Å²) >= 11 is 0. The van der Waals surface area contributed by atoms with Crippen molar-refractivity contribution in [1.29, 1.82) is 0 Å². The van der Waals surface area contributed by atoms with E-state index < -0.39 is 0 Å². The van der Waals surface area contributed by atoms with Gasteiger partial charge in [-0.25, -0.2) is 0 Å². The van der Waals surface area contributed by atoms with Gasteiger partial charge in [0.05, 0.1) is 0 Å². The highest BCUT2D eigenvalue weighted by Crippen LogP contribution is 2.08. The van der Waals surface area contributed by atoms with Crippen LogP contribution in [0.4, 0.5) is 0 Å². The van der Waals surface area contributed by atoms with Crippen molar-refractivity contribution in [3.63, 3.8) is 0 Å². The smallest absolute Gasteiger partial charge is 0.255 e. The van der Waals surface area contributed by atoms with E-state index in [0.29, 0.717) is 12.1 Å². The number of carbonyl (C=O) groups excluding carboxylic acids is 1. The minimum atomic E-state index is -0.192. The summed E-state index contributed by atoms with van der Waals surface area (Å²) in [7, 11) is 1.60. The zero-order chi connectivity index (χ0) is 11.3. The van der Waals surface area contributed by atoms with Crippen LogP contribution >= 0.6 is 0 Å². The fourth-order valence-corrected chi connectivity index (χ4v) is 1.44. The number of hydrogen-bond donors (Lipinski definition) is 0. The SMILES string of the molecule is CCN(C(=O)c1ccccc1)C(C)OC. The van der Waals surface area contributed by atoms with Crippen molar-refractivity contribution in [3.8, 4) is 0 Å². The van der Waals surface area contributed by atoms with Crippen LogP contribution in [-0.2, 0) is 4.74 Å². The lowest BCUT2D eigenvalue weighted by molar-refractivity contribution is -0.00723. The van der Waals surface area contributed by atoms with E-state index in [0.717, 1.165) is 0 Å². The zero-order valence-electron chi connectivity index (χ0n) is 9.43. The van der Waals surface area contributed by atoms with Gasteiger partial charge in [0.15, 0.2) is 0 Å². The number of amides is 1. The molecule has 0 spiro atoms. The fourth-order valence-electron chi connectivity index (χ4n) is 1.44. The molecule has 0 saturated heterocycles. The molecule has 1 aromatic rings. The molecule has 1 atom stereocenters. The molecule has 0 N–H and O–H groups in total. The third-order valence-corrected chi connectivity index (χ3v) is 2.40. The van der Waals surface area contributed by atoms with Crippen LogP contribution in [0.3, 0.4) is 0 Å². The first-order chi connectivity index (χ1) is 7.20. The summed E-state index contributed by atoms with van der Waals surface area (Å²) in [5.74, 6) is 0.00690. The molecular formula is C12H17NO2. The minimum Gasteiger partial charge on any atom is -0.362 e. The quantitative estimate of drug-likeness (QED) is 0.708. The lowest BCUT2D eigenvalue weighted by atomic mass is 10.2. The molecule has 0 saturated carbocycles. The Labute approximate surface area is 90.7 Å². The molecule has 1 unspecified atom stereocenters. The second-order valence-corrected chi connectivity index (χ2v) is 3.29. The number of ether oxygens (including phenoxy) is 1. The van der Waals surface area contributed by atoms with E-state index in [9.17, 15) is 4.79 Å². The van der Waals surface area contributed by atoms with Crippen LogP contribution in [0, 0.1) is 0 Å². The molecule has 3 heteroatoms. The molecule has 0 radical (unpaired) electrons. The van der Waals surface area contributed by atoms with Crippen molar-refractivity contribution in [1.82, 2.24) is 4.90 Å². The topological polar surface area (TPSA) is 29.5 Å². The lowest BCUT2D eigenvalue weighted by Crippen LogP contribution is -2.39. The first-order valence-corrected chi connectivity index (χ1v) is 5.09. The van der Waals surface area contributed by atoms with Crippen LogP contribution < -0.4 is 0 Å². The molecular weight excluding hydrogens is 190 g/mol. The Kier molecular flexibility index (Phi) is 4.31. The average molecular weight is 207 g/mol. The molecule has 0 aliphatic carbocycles. The van der Waals surface area contributed by atoms with Gasteiger partial charge in [0, 0.05) is 19.2 Å². The van der Waals surface area contributed by atoms with Gasteiger partial charge in [0.25, 0.3) is 5.91 Å². The highest BCUT2D eigenvalue weighted by Gasteiger charge is 2.18. The van der Waals surface area contributed by atoms with E-state index in [2.05, 4.69) is 0 Å². The summed E-state index contributed by atoms with van der Waals surface area (Å²) in [5.41, 5.74) is 0.697. The predicted octanol–water partition coefficient (Wildman–Crippen LogP) is 2.14. The summed E-state index contributed by atoms with van der Waals surface area (Å²) < 4.78 is 5.15. The van der Waals surface area contributed by atoms with E-state index in [-0.39, 0.29) is 12.1 Å². The first-order valence-electron chi connectivity index (χ1n) is 5.09. The Morgan fingerprint density at radius 2 is 2.00 bits per heavy atom. The molecule has 1 aromatic carbocycles. The molecule has 0 aliphatic heterocycles. The van der Waals surface area contributed by atoms with Crippen LogP contribution in [0.25, 0.3) is 0 Å². The Hall–Kier alpha value is -1.35. The summed E-state index contributed by atoms with van der Waals surface area (Å²) in [6.07, 6.45) is -0.192. The lowest BCUT2D eigenvalue weighted by Gasteiger charge is -2.26. The number of rotatable bonds is 4. The van der Waals surface area contributed by atoms with Crippen molar-refractivity contribution in [2.24, 2.45) is 0 Å². The zero-order valence-corrected chi connectivity index (χ0v) is 9.43. The monoisotopic (exact) mass is 207 g/mol. The number of methoxy groups -OCH3 is 1. The standard InChI is InChI=1S/C12H17NO2/c1-4-13(10(2)15-3)12(14)11-8-6-5-7-9-11/h5-10H,4H2,1-3H3. The maximum Gasteiger partial charge on any atom is 0.255 e. The molecule has 0 heterocycles. The van der Waals surface area contributed by atoms with Crippen molar-refractivity contribution in [2.45, 2.75) is 20.1 Å². The normalized spacial score (nSPS) is 12.2. The van der Waals surface area contributed by atoms with E-state index >= 15 is 0 Å². The van der Waals surface area contributed by atoms with Crippen molar-refractivity contribution >= 4 is 5.91 Å². The summed E-state index contributed by atoms with van der Waals surface area (Å²) in [6, 6.07) is 9.24. The number of nitrogens with zero attached hydrogens (tertiary/aromatic N) is 1. The largest absolute Gasteiger partial charge is 0.362 e. The number of carbonyl (C=O) groups is 1. The maximum absolute atomic E-state index is 12.0. The second kappa shape index (κ2) is 5.51. The Morgan fingerprint density at radius 3 is 2.47 bits per heavy atom. The van der Waals surface area contributed by atoms with Gasteiger partial charge in [-0.3, -0.25) is 4.79 Å². The van der Waals surface area contributed by atoms with Gasteiger partial charge in [-0.15, -0.1) is 0 Å². The molecule has 15 heavy (non-hydrogen) atoms. The molecule has 0 fully saturated rings. The molecule has 0 bridgehead atoms.